The van der Waals surface area contributed by atoms with Crippen LogP contribution in [-0.2, 0) is 6.54 Å². The summed E-state index contributed by atoms with van der Waals surface area (Å²) in [5.41, 5.74) is 0. The molecule has 0 spiro atoms. The van der Waals surface area contributed by atoms with Crippen molar-refractivity contribution in [3.63, 3.8) is 0 Å². The van der Waals surface area contributed by atoms with Gasteiger partial charge in [0.15, 0.2) is 0 Å². The van der Waals surface area contributed by atoms with Gasteiger partial charge in [0.05, 0.1) is 12.6 Å². The van der Waals surface area contributed by atoms with Gasteiger partial charge in [0.1, 0.15) is 0 Å². The van der Waals surface area contributed by atoms with E-state index in [-0.39, 0.29) is 0 Å². The Bertz CT molecular complexity index is 378. The first-order valence-electron chi connectivity index (χ1n) is 5.66. The van der Waals surface area contributed by atoms with Gasteiger partial charge in [-0.15, -0.1) is 10.2 Å². The molecular weight excluding hydrogens is 204 g/mol. The number of rotatable bonds is 6. The SMILES string of the molecule is Cc1nnc(CN(CCC#N)CC2CC2)o1. The van der Waals surface area contributed by atoms with E-state index >= 15 is 0 Å². The van der Waals surface area contributed by atoms with Crippen molar-refractivity contribution >= 4 is 0 Å². The Balaban J connectivity index is 1.87. The third-order valence-corrected chi connectivity index (χ3v) is 2.68. The van der Waals surface area contributed by atoms with Crippen LogP contribution in [0.1, 0.15) is 31.0 Å². The molecule has 0 unspecified atom stereocenters. The highest BCUT2D eigenvalue weighted by Crippen LogP contribution is 2.30. The highest BCUT2D eigenvalue weighted by Gasteiger charge is 2.24. The second-order valence-electron chi connectivity index (χ2n) is 4.30. The second kappa shape index (κ2) is 5.08. The monoisotopic (exact) mass is 220 g/mol. The lowest BCUT2D eigenvalue weighted by Gasteiger charge is -2.18. The first-order valence-corrected chi connectivity index (χ1v) is 5.66. The van der Waals surface area contributed by atoms with Crippen LogP contribution in [0.5, 0.6) is 0 Å². The molecule has 1 fully saturated rings. The Morgan fingerprint density at radius 1 is 1.50 bits per heavy atom. The summed E-state index contributed by atoms with van der Waals surface area (Å²) in [7, 11) is 0. The first kappa shape index (κ1) is 11.1. The van der Waals surface area contributed by atoms with Crippen LogP contribution in [0.3, 0.4) is 0 Å². The van der Waals surface area contributed by atoms with E-state index in [0.29, 0.717) is 24.7 Å². The maximum absolute atomic E-state index is 8.61. The van der Waals surface area contributed by atoms with Crippen molar-refractivity contribution in [2.24, 2.45) is 5.92 Å². The zero-order chi connectivity index (χ0) is 11.4. The largest absolute Gasteiger partial charge is 0.424 e. The summed E-state index contributed by atoms with van der Waals surface area (Å²) in [6.45, 7) is 4.29. The zero-order valence-electron chi connectivity index (χ0n) is 9.52. The highest BCUT2D eigenvalue weighted by molar-refractivity contribution is 4.84. The molecule has 0 amide bonds. The van der Waals surface area contributed by atoms with Crippen LogP contribution in [-0.4, -0.2) is 28.2 Å². The lowest BCUT2D eigenvalue weighted by molar-refractivity contribution is 0.233. The topological polar surface area (TPSA) is 66.0 Å². The molecule has 5 nitrogen and oxygen atoms in total. The fourth-order valence-corrected chi connectivity index (χ4v) is 1.70. The molecule has 0 N–H and O–H groups in total. The Kier molecular flexibility index (Phi) is 3.52. The fraction of sp³-hybridized carbons (Fsp3) is 0.727. The van der Waals surface area contributed by atoms with Crippen molar-refractivity contribution in [1.82, 2.24) is 15.1 Å². The Labute approximate surface area is 95.1 Å². The summed E-state index contributed by atoms with van der Waals surface area (Å²) in [5.74, 6) is 2.06. The number of aromatic nitrogens is 2. The summed E-state index contributed by atoms with van der Waals surface area (Å²) in [6, 6.07) is 2.17. The predicted octanol–water partition coefficient (Wildman–Crippen LogP) is 1.50. The molecule has 1 aliphatic rings. The molecule has 1 aromatic rings. The van der Waals surface area contributed by atoms with Crippen LogP contribution in [0.15, 0.2) is 4.42 Å². The quantitative estimate of drug-likeness (QED) is 0.726. The van der Waals surface area contributed by atoms with E-state index in [1.54, 1.807) is 6.92 Å². The van der Waals surface area contributed by atoms with Gasteiger partial charge in [-0.25, -0.2) is 0 Å². The summed E-state index contributed by atoms with van der Waals surface area (Å²) in [5, 5.41) is 16.4. The molecule has 5 heteroatoms. The third-order valence-electron chi connectivity index (χ3n) is 2.68. The summed E-state index contributed by atoms with van der Waals surface area (Å²) < 4.78 is 5.35. The van der Waals surface area contributed by atoms with Crippen molar-refractivity contribution in [3.05, 3.63) is 11.8 Å². The summed E-state index contributed by atoms with van der Waals surface area (Å²) in [4.78, 5) is 2.23. The molecule has 0 bridgehead atoms. The fourth-order valence-electron chi connectivity index (χ4n) is 1.70. The number of nitrogens with zero attached hydrogens (tertiary/aromatic N) is 4. The van der Waals surface area contributed by atoms with Gasteiger partial charge in [0.25, 0.3) is 0 Å². The minimum Gasteiger partial charge on any atom is -0.424 e. The van der Waals surface area contributed by atoms with Crippen molar-refractivity contribution < 1.29 is 4.42 Å². The molecular formula is C11H16N4O. The van der Waals surface area contributed by atoms with Crippen LogP contribution >= 0.6 is 0 Å². The first-order chi connectivity index (χ1) is 7.78. The average molecular weight is 220 g/mol. The van der Waals surface area contributed by atoms with E-state index in [9.17, 15) is 0 Å². The third kappa shape index (κ3) is 3.31. The van der Waals surface area contributed by atoms with Crippen LogP contribution in [0.25, 0.3) is 0 Å². The molecule has 86 valence electrons. The normalized spacial score (nSPS) is 15.3. The summed E-state index contributed by atoms with van der Waals surface area (Å²) in [6.07, 6.45) is 3.18. The minimum atomic E-state index is 0.555. The Morgan fingerprint density at radius 2 is 2.31 bits per heavy atom. The summed E-state index contributed by atoms with van der Waals surface area (Å²) >= 11 is 0. The van der Waals surface area contributed by atoms with E-state index in [4.69, 9.17) is 9.68 Å². The number of nitriles is 1. The second-order valence-corrected chi connectivity index (χ2v) is 4.30. The van der Waals surface area contributed by atoms with Crippen LogP contribution in [0, 0.1) is 24.2 Å². The van der Waals surface area contributed by atoms with Crippen molar-refractivity contribution in [2.75, 3.05) is 13.1 Å². The molecule has 0 saturated heterocycles. The Morgan fingerprint density at radius 3 is 2.88 bits per heavy atom. The number of hydrogen-bond donors (Lipinski definition) is 0. The molecule has 1 aromatic heterocycles. The van der Waals surface area contributed by atoms with Crippen LogP contribution in [0.4, 0.5) is 0 Å². The van der Waals surface area contributed by atoms with E-state index in [0.717, 1.165) is 19.0 Å². The molecule has 0 radical (unpaired) electrons. The maximum atomic E-state index is 8.61. The molecule has 2 rings (SSSR count). The van der Waals surface area contributed by atoms with Crippen molar-refractivity contribution in [3.8, 4) is 6.07 Å². The predicted molar refractivity (Wildman–Crippen MR) is 57.3 cm³/mol. The van der Waals surface area contributed by atoms with Gasteiger partial charge < -0.3 is 4.42 Å². The van der Waals surface area contributed by atoms with Gasteiger partial charge in [-0.05, 0) is 18.8 Å². The van der Waals surface area contributed by atoms with E-state index in [2.05, 4.69) is 21.2 Å². The smallest absolute Gasteiger partial charge is 0.230 e. The Hall–Kier alpha value is -1.41. The molecule has 16 heavy (non-hydrogen) atoms. The van der Waals surface area contributed by atoms with Gasteiger partial charge in [0, 0.05) is 26.4 Å². The lowest BCUT2D eigenvalue weighted by Crippen LogP contribution is -2.26. The lowest BCUT2D eigenvalue weighted by atomic mass is 10.3. The van der Waals surface area contributed by atoms with Gasteiger partial charge in [-0.2, -0.15) is 5.26 Å². The van der Waals surface area contributed by atoms with Gasteiger partial charge in [0.2, 0.25) is 11.8 Å². The molecule has 1 heterocycles. The minimum absolute atomic E-state index is 0.555. The molecule has 0 atom stereocenters. The number of aryl methyl sites for hydroxylation is 1. The van der Waals surface area contributed by atoms with Gasteiger partial charge in [-0.3, -0.25) is 4.90 Å². The van der Waals surface area contributed by atoms with Crippen LogP contribution in [0.2, 0.25) is 0 Å². The highest BCUT2D eigenvalue weighted by atomic mass is 16.4. The van der Waals surface area contributed by atoms with Crippen molar-refractivity contribution in [2.45, 2.75) is 32.7 Å². The molecule has 1 saturated carbocycles. The van der Waals surface area contributed by atoms with E-state index < -0.39 is 0 Å². The van der Waals surface area contributed by atoms with E-state index in [1.807, 2.05) is 0 Å². The standard InChI is InChI=1S/C11H16N4O/c1-9-13-14-11(16-9)8-15(6-2-5-12)7-10-3-4-10/h10H,2-4,6-8H2,1H3. The van der Waals surface area contributed by atoms with Crippen LogP contribution < -0.4 is 0 Å². The maximum Gasteiger partial charge on any atom is 0.230 e. The van der Waals surface area contributed by atoms with E-state index in [1.165, 1.54) is 12.8 Å². The van der Waals surface area contributed by atoms with Gasteiger partial charge >= 0.3 is 0 Å². The zero-order valence-corrected chi connectivity index (χ0v) is 9.52. The average Bonchev–Trinajstić information content (AvgIpc) is 2.98. The number of hydrogen-bond acceptors (Lipinski definition) is 5. The molecule has 0 aromatic carbocycles. The van der Waals surface area contributed by atoms with Crippen molar-refractivity contribution in [1.29, 1.82) is 5.26 Å². The van der Waals surface area contributed by atoms with Gasteiger partial charge in [-0.1, -0.05) is 0 Å². The molecule has 0 aliphatic heterocycles. The molecule has 1 aliphatic carbocycles.